The molecule has 3 aliphatic rings. The fourth-order valence-corrected chi connectivity index (χ4v) is 4.67. The lowest BCUT2D eigenvalue weighted by Gasteiger charge is -2.27. The van der Waals surface area contributed by atoms with E-state index in [9.17, 15) is 5.11 Å². The lowest BCUT2D eigenvalue weighted by molar-refractivity contribution is 0.0179. The second-order valence-electron chi connectivity index (χ2n) is 7.13. The van der Waals surface area contributed by atoms with Crippen LogP contribution in [0.2, 0.25) is 0 Å². The summed E-state index contributed by atoms with van der Waals surface area (Å²) in [6.07, 6.45) is 4.52. The smallest absolute Gasteiger partial charge is 0.104 e. The molecule has 1 saturated heterocycles. The van der Waals surface area contributed by atoms with E-state index in [1.807, 2.05) is 0 Å². The van der Waals surface area contributed by atoms with E-state index in [0.29, 0.717) is 11.8 Å². The molecular formula is C15H26O2. The quantitative estimate of drug-likeness (QED) is 0.712. The van der Waals surface area contributed by atoms with Crippen LogP contribution in [0.15, 0.2) is 0 Å². The predicted molar refractivity (Wildman–Crippen MR) is 67.7 cm³/mol. The van der Waals surface area contributed by atoms with E-state index >= 15 is 0 Å². The van der Waals surface area contributed by atoms with Gasteiger partial charge in [0.1, 0.15) is 11.2 Å². The standard InChI is InChI=1S/C15H26O2/c1-9(2)12-6-5-10(3)14-8-13(16)11(4)15(14,7-12)17-14/h9-13,16H,5-8H2,1-4H3/t10-,11-,12+,13-,14-,15-/m0/s1. The first-order valence-electron chi connectivity index (χ1n) is 7.31. The summed E-state index contributed by atoms with van der Waals surface area (Å²) < 4.78 is 6.28. The Morgan fingerprint density at radius 3 is 2.47 bits per heavy atom. The molecule has 0 radical (unpaired) electrons. The second kappa shape index (κ2) is 3.48. The summed E-state index contributed by atoms with van der Waals surface area (Å²) in [4.78, 5) is 0. The predicted octanol–water partition coefficient (Wildman–Crippen LogP) is 2.99. The average Bonchev–Trinajstić information content (AvgIpc) is 2.87. The third kappa shape index (κ3) is 1.34. The van der Waals surface area contributed by atoms with Gasteiger partial charge < -0.3 is 9.84 Å². The van der Waals surface area contributed by atoms with E-state index < -0.39 is 0 Å². The molecule has 0 aromatic rings. The monoisotopic (exact) mass is 238 g/mol. The number of hydrogen-bond acceptors (Lipinski definition) is 2. The third-order valence-electron chi connectivity index (χ3n) is 6.14. The molecule has 0 bridgehead atoms. The minimum atomic E-state index is -0.142. The van der Waals surface area contributed by atoms with Crippen LogP contribution in [0.4, 0.5) is 0 Å². The van der Waals surface area contributed by atoms with Crippen LogP contribution >= 0.6 is 0 Å². The van der Waals surface area contributed by atoms with Gasteiger partial charge in [-0.05, 0) is 37.0 Å². The molecule has 2 nitrogen and oxygen atoms in total. The minimum absolute atomic E-state index is 0.0251. The largest absolute Gasteiger partial charge is 0.393 e. The summed E-state index contributed by atoms with van der Waals surface area (Å²) in [5.74, 6) is 2.45. The van der Waals surface area contributed by atoms with Crippen molar-refractivity contribution in [3.05, 3.63) is 0 Å². The molecule has 0 aromatic heterocycles. The van der Waals surface area contributed by atoms with Crippen LogP contribution in [-0.2, 0) is 4.74 Å². The highest BCUT2D eigenvalue weighted by Crippen LogP contribution is 2.70. The zero-order chi connectivity index (χ0) is 12.4. The summed E-state index contributed by atoms with van der Waals surface area (Å²) in [6.45, 7) is 9.18. The Morgan fingerprint density at radius 2 is 1.82 bits per heavy atom. The first-order chi connectivity index (χ1) is 7.93. The highest BCUT2D eigenvalue weighted by molar-refractivity contribution is 5.27. The fourth-order valence-electron chi connectivity index (χ4n) is 4.67. The highest BCUT2D eigenvalue weighted by atomic mass is 16.6. The molecule has 0 amide bonds. The number of hydrogen-bond donors (Lipinski definition) is 1. The van der Waals surface area contributed by atoms with Gasteiger partial charge in [0, 0.05) is 12.3 Å². The van der Waals surface area contributed by atoms with Crippen LogP contribution in [0, 0.1) is 23.7 Å². The van der Waals surface area contributed by atoms with Gasteiger partial charge in [0.05, 0.1) is 6.10 Å². The van der Waals surface area contributed by atoms with Crippen molar-refractivity contribution in [1.82, 2.24) is 0 Å². The summed E-state index contributed by atoms with van der Waals surface area (Å²) in [5.41, 5.74) is 0.0622. The van der Waals surface area contributed by atoms with Gasteiger partial charge in [-0.3, -0.25) is 0 Å². The lowest BCUT2D eigenvalue weighted by atomic mass is 9.78. The van der Waals surface area contributed by atoms with Crippen molar-refractivity contribution >= 4 is 0 Å². The van der Waals surface area contributed by atoms with E-state index in [2.05, 4.69) is 27.7 Å². The van der Waals surface area contributed by atoms with Crippen molar-refractivity contribution in [2.45, 2.75) is 70.7 Å². The molecule has 0 spiro atoms. The van der Waals surface area contributed by atoms with Crippen LogP contribution in [0.3, 0.4) is 0 Å². The van der Waals surface area contributed by atoms with Crippen molar-refractivity contribution in [3.63, 3.8) is 0 Å². The van der Waals surface area contributed by atoms with Gasteiger partial charge in [0.25, 0.3) is 0 Å². The zero-order valence-corrected chi connectivity index (χ0v) is 11.6. The lowest BCUT2D eigenvalue weighted by Crippen LogP contribution is -2.31. The first-order valence-corrected chi connectivity index (χ1v) is 7.31. The molecule has 0 unspecified atom stereocenters. The average molecular weight is 238 g/mol. The van der Waals surface area contributed by atoms with E-state index in [1.54, 1.807) is 0 Å². The summed E-state index contributed by atoms with van der Waals surface area (Å²) >= 11 is 0. The number of aliphatic hydroxyl groups excluding tert-OH is 1. The molecular weight excluding hydrogens is 212 g/mol. The molecule has 2 aliphatic carbocycles. The van der Waals surface area contributed by atoms with Gasteiger partial charge >= 0.3 is 0 Å². The Bertz CT molecular complexity index is 327. The third-order valence-corrected chi connectivity index (χ3v) is 6.14. The number of epoxide rings is 1. The minimum Gasteiger partial charge on any atom is -0.393 e. The molecule has 0 aromatic carbocycles. The Labute approximate surface area is 105 Å². The molecule has 1 aliphatic heterocycles. The fraction of sp³-hybridized carbons (Fsp3) is 1.00. The van der Waals surface area contributed by atoms with Crippen LogP contribution in [-0.4, -0.2) is 22.4 Å². The highest BCUT2D eigenvalue weighted by Gasteiger charge is 2.79. The number of aliphatic hydroxyl groups is 1. The van der Waals surface area contributed by atoms with Crippen molar-refractivity contribution in [1.29, 1.82) is 0 Å². The molecule has 3 rings (SSSR count). The molecule has 1 N–H and O–H groups in total. The normalized spacial score (nSPS) is 57.5. The SMILES string of the molecule is CC(C)[C@@H]1CC[C@H](C)[C@@]23C[C@H](O)[C@H](C)[C@]2(C1)O3. The van der Waals surface area contributed by atoms with Gasteiger partial charge in [-0.15, -0.1) is 0 Å². The Hall–Kier alpha value is -0.0800. The van der Waals surface area contributed by atoms with Crippen LogP contribution in [0.25, 0.3) is 0 Å². The van der Waals surface area contributed by atoms with E-state index in [1.165, 1.54) is 19.3 Å². The van der Waals surface area contributed by atoms with E-state index in [4.69, 9.17) is 4.74 Å². The maximum absolute atomic E-state index is 10.2. The maximum Gasteiger partial charge on any atom is 0.104 e. The first kappa shape index (κ1) is 12.0. The van der Waals surface area contributed by atoms with Gasteiger partial charge in [-0.2, -0.15) is 0 Å². The van der Waals surface area contributed by atoms with Crippen molar-refractivity contribution in [3.8, 4) is 0 Å². The molecule has 6 atom stereocenters. The number of ether oxygens (including phenoxy) is 1. The molecule has 1 heterocycles. The summed E-state index contributed by atoms with van der Waals surface area (Å²) in [5, 5.41) is 10.2. The van der Waals surface area contributed by atoms with Gasteiger partial charge in [-0.1, -0.05) is 27.7 Å². The van der Waals surface area contributed by atoms with Gasteiger partial charge in [0.15, 0.2) is 0 Å². The van der Waals surface area contributed by atoms with Crippen LogP contribution < -0.4 is 0 Å². The van der Waals surface area contributed by atoms with Crippen molar-refractivity contribution < 1.29 is 9.84 Å². The Balaban J connectivity index is 1.92. The van der Waals surface area contributed by atoms with Crippen LogP contribution in [0.1, 0.15) is 53.4 Å². The van der Waals surface area contributed by atoms with Crippen molar-refractivity contribution in [2.75, 3.05) is 0 Å². The molecule has 2 heteroatoms. The van der Waals surface area contributed by atoms with Crippen molar-refractivity contribution in [2.24, 2.45) is 23.7 Å². The van der Waals surface area contributed by atoms with E-state index in [-0.39, 0.29) is 17.3 Å². The van der Waals surface area contributed by atoms with Gasteiger partial charge in [0.2, 0.25) is 0 Å². The van der Waals surface area contributed by atoms with Crippen LogP contribution in [0.5, 0.6) is 0 Å². The topological polar surface area (TPSA) is 32.8 Å². The number of rotatable bonds is 1. The molecule has 17 heavy (non-hydrogen) atoms. The molecule has 2 saturated carbocycles. The Morgan fingerprint density at radius 1 is 1.12 bits per heavy atom. The van der Waals surface area contributed by atoms with Gasteiger partial charge in [-0.25, -0.2) is 0 Å². The molecule has 98 valence electrons. The second-order valence-corrected chi connectivity index (χ2v) is 7.13. The summed E-state index contributed by atoms with van der Waals surface area (Å²) in [6, 6.07) is 0. The molecule has 3 fully saturated rings. The van der Waals surface area contributed by atoms with E-state index in [0.717, 1.165) is 18.3 Å². The summed E-state index contributed by atoms with van der Waals surface area (Å²) in [7, 11) is 0. The maximum atomic E-state index is 10.2. The Kier molecular flexibility index (Phi) is 2.45. The zero-order valence-electron chi connectivity index (χ0n) is 11.6.